The molecule has 0 bridgehead atoms. The molecule has 6 heteroatoms. The second-order valence-corrected chi connectivity index (χ2v) is 5.39. The van der Waals surface area contributed by atoms with Gasteiger partial charge >= 0.3 is 0 Å². The first-order valence-corrected chi connectivity index (χ1v) is 6.17. The van der Waals surface area contributed by atoms with Gasteiger partial charge in [-0.05, 0) is 18.1 Å². The Morgan fingerprint density at radius 2 is 2.13 bits per heavy atom. The summed E-state index contributed by atoms with van der Waals surface area (Å²) < 4.78 is 37.8. The van der Waals surface area contributed by atoms with Gasteiger partial charge in [0.15, 0.2) is 0 Å². The van der Waals surface area contributed by atoms with Crippen LogP contribution in [0.2, 0.25) is 0 Å². The molecule has 1 N–H and O–H groups in total. The van der Waals surface area contributed by atoms with E-state index in [1.807, 2.05) is 0 Å². The molecule has 0 saturated heterocycles. The monoisotopic (exact) mass is 232 g/mol. The molecule has 0 spiro atoms. The number of nitrogens with zero attached hydrogens (tertiary/aromatic N) is 1. The van der Waals surface area contributed by atoms with Gasteiger partial charge in [-0.2, -0.15) is 4.39 Å². The molecule has 4 nitrogen and oxygen atoms in total. The molecular formula is C9H13FN2O2S. The first-order valence-electron chi connectivity index (χ1n) is 4.52. The number of aromatic nitrogens is 1. The highest BCUT2D eigenvalue weighted by atomic mass is 32.2. The summed E-state index contributed by atoms with van der Waals surface area (Å²) in [6.45, 7) is 3.58. The van der Waals surface area contributed by atoms with Crippen molar-refractivity contribution in [1.29, 1.82) is 0 Å². The van der Waals surface area contributed by atoms with Gasteiger partial charge in [0.2, 0.25) is 16.0 Å². The molecule has 0 aromatic carbocycles. The van der Waals surface area contributed by atoms with Crippen LogP contribution in [0.4, 0.5) is 10.2 Å². The predicted molar refractivity (Wildman–Crippen MR) is 56.4 cm³/mol. The van der Waals surface area contributed by atoms with Crippen LogP contribution in [0.15, 0.2) is 18.2 Å². The average molecular weight is 232 g/mol. The Kier molecular flexibility index (Phi) is 3.62. The van der Waals surface area contributed by atoms with Gasteiger partial charge in [-0.1, -0.05) is 19.9 Å². The number of rotatable bonds is 4. The van der Waals surface area contributed by atoms with Crippen LogP contribution < -0.4 is 4.72 Å². The summed E-state index contributed by atoms with van der Waals surface area (Å²) in [5, 5.41) is 0. The molecule has 0 amide bonds. The highest BCUT2D eigenvalue weighted by Crippen LogP contribution is 2.08. The number of hydrogen-bond acceptors (Lipinski definition) is 3. The lowest BCUT2D eigenvalue weighted by Crippen LogP contribution is -2.20. The summed E-state index contributed by atoms with van der Waals surface area (Å²) in [4.78, 5) is 3.41. The van der Waals surface area contributed by atoms with Gasteiger partial charge in [0.1, 0.15) is 5.82 Å². The van der Waals surface area contributed by atoms with Crippen LogP contribution in [0, 0.1) is 11.9 Å². The minimum absolute atomic E-state index is 0.00874. The number of sulfonamides is 1. The lowest BCUT2D eigenvalue weighted by atomic mass is 10.3. The standard InChI is InChI=1S/C9H13FN2O2S/c1-7(2)6-15(13,14)12-9-5-3-4-8(10)11-9/h3-5,7H,6H2,1-2H3,(H,11,12). The van der Waals surface area contributed by atoms with Gasteiger partial charge in [0.05, 0.1) is 5.75 Å². The summed E-state index contributed by atoms with van der Waals surface area (Å²) in [6.07, 6.45) is 0. The van der Waals surface area contributed by atoms with Gasteiger partial charge in [0, 0.05) is 0 Å². The second-order valence-electron chi connectivity index (χ2n) is 3.62. The van der Waals surface area contributed by atoms with E-state index in [4.69, 9.17) is 0 Å². The summed E-state index contributed by atoms with van der Waals surface area (Å²) in [5.74, 6) is -0.697. The maximum absolute atomic E-state index is 12.7. The van der Waals surface area contributed by atoms with E-state index in [9.17, 15) is 12.8 Å². The molecule has 1 aromatic heterocycles. The number of hydrogen-bond donors (Lipinski definition) is 1. The Bertz CT molecular complexity index is 431. The van der Waals surface area contributed by atoms with E-state index in [-0.39, 0.29) is 17.5 Å². The van der Waals surface area contributed by atoms with Crippen molar-refractivity contribution in [3.05, 3.63) is 24.1 Å². The van der Waals surface area contributed by atoms with Crippen molar-refractivity contribution in [3.8, 4) is 0 Å². The van der Waals surface area contributed by atoms with Gasteiger partial charge in [-0.3, -0.25) is 4.72 Å². The Morgan fingerprint density at radius 3 is 2.67 bits per heavy atom. The average Bonchev–Trinajstić information content (AvgIpc) is 1.99. The zero-order valence-corrected chi connectivity index (χ0v) is 9.38. The van der Waals surface area contributed by atoms with E-state index in [2.05, 4.69) is 9.71 Å². The van der Waals surface area contributed by atoms with Crippen molar-refractivity contribution in [2.45, 2.75) is 13.8 Å². The normalized spacial score (nSPS) is 11.7. The summed E-state index contributed by atoms with van der Waals surface area (Å²) >= 11 is 0. The molecule has 1 rings (SSSR count). The zero-order valence-electron chi connectivity index (χ0n) is 8.57. The minimum Gasteiger partial charge on any atom is -0.267 e. The number of halogens is 1. The van der Waals surface area contributed by atoms with Crippen LogP contribution in [0.1, 0.15) is 13.8 Å². The maximum Gasteiger partial charge on any atom is 0.234 e. The second kappa shape index (κ2) is 4.57. The topological polar surface area (TPSA) is 59.1 Å². The highest BCUT2D eigenvalue weighted by Gasteiger charge is 2.13. The van der Waals surface area contributed by atoms with Gasteiger partial charge in [-0.15, -0.1) is 0 Å². The molecule has 0 aliphatic heterocycles. The molecule has 1 heterocycles. The van der Waals surface area contributed by atoms with E-state index < -0.39 is 16.0 Å². The highest BCUT2D eigenvalue weighted by molar-refractivity contribution is 7.92. The molecular weight excluding hydrogens is 219 g/mol. The fourth-order valence-corrected chi connectivity index (χ4v) is 2.50. The van der Waals surface area contributed by atoms with Crippen LogP contribution in [-0.2, 0) is 10.0 Å². The SMILES string of the molecule is CC(C)CS(=O)(=O)Nc1cccc(F)n1. The van der Waals surface area contributed by atoms with Crippen molar-refractivity contribution in [1.82, 2.24) is 4.98 Å². The first-order chi connectivity index (χ1) is 6.89. The lowest BCUT2D eigenvalue weighted by molar-refractivity contribution is 0.582. The van der Waals surface area contributed by atoms with E-state index >= 15 is 0 Å². The predicted octanol–water partition coefficient (Wildman–Crippen LogP) is 1.62. The van der Waals surface area contributed by atoms with Gasteiger partial charge < -0.3 is 0 Å². The quantitative estimate of drug-likeness (QED) is 0.802. The van der Waals surface area contributed by atoms with Crippen LogP contribution in [0.25, 0.3) is 0 Å². The van der Waals surface area contributed by atoms with Gasteiger partial charge in [-0.25, -0.2) is 13.4 Å². The number of nitrogens with one attached hydrogen (secondary N) is 1. The number of anilines is 1. The summed E-state index contributed by atoms with van der Waals surface area (Å²) in [5.41, 5.74) is 0. The zero-order chi connectivity index (χ0) is 11.5. The molecule has 15 heavy (non-hydrogen) atoms. The molecule has 0 aliphatic carbocycles. The largest absolute Gasteiger partial charge is 0.267 e. The van der Waals surface area contributed by atoms with Crippen molar-refractivity contribution >= 4 is 15.8 Å². The third kappa shape index (κ3) is 4.24. The molecule has 84 valence electrons. The van der Waals surface area contributed by atoms with Gasteiger partial charge in [0.25, 0.3) is 0 Å². The lowest BCUT2D eigenvalue weighted by Gasteiger charge is -2.08. The molecule has 0 saturated carbocycles. The van der Waals surface area contributed by atoms with Crippen LogP contribution >= 0.6 is 0 Å². The fraction of sp³-hybridized carbons (Fsp3) is 0.444. The van der Waals surface area contributed by atoms with Crippen molar-refractivity contribution in [2.24, 2.45) is 5.92 Å². The third-order valence-corrected chi connectivity index (χ3v) is 3.15. The third-order valence-electron chi connectivity index (χ3n) is 1.53. The summed E-state index contributed by atoms with van der Waals surface area (Å²) in [6, 6.07) is 3.96. The molecule has 0 fully saturated rings. The molecule has 0 aliphatic rings. The maximum atomic E-state index is 12.7. The molecule has 0 unspecified atom stereocenters. The Morgan fingerprint density at radius 1 is 1.47 bits per heavy atom. The molecule has 0 radical (unpaired) electrons. The smallest absolute Gasteiger partial charge is 0.234 e. The minimum atomic E-state index is -3.43. The fourth-order valence-electron chi connectivity index (χ4n) is 1.10. The summed E-state index contributed by atoms with van der Waals surface area (Å²) in [7, 11) is -3.43. The Labute approximate surface area is 88.6 Å². The van der Waals surface area contributed by atoms with E-state index in [1.165, 1.54) is 12.1 Å². The van der Waals surface area contributed by atoms with E-state index in [1.54, 1.807) is 13.8 Å². The van der Waals surface area contributed by atoms with E-state index in [0.717, 1.165) is 6.07 Å². The Hall–Kier alpha value is -1.17. The van der Waals surface area contributed by atoms with Crippen molar-refractivity contribution in [3.63, 3.8) is 0 Å². The number of pyridine rings is 1. The van der Waals surface area contributed by atoms with Crippen molar-refractivity contribution in [2.75, 3.05) is 10.5 Å². The Balaban J connectivity index is 2.78. The van der Waals surface area contributed by atoms with Crippen LogP contribution in [0.5, 0.6) is 0 Å². The first kappa shape index (κ1) is 11.9. The van der Waals surface area contributed by atoms with E-state index in [0.29, 0.717) is 0 Å². The van der Waals surface area contributed by atoms with Crippen LogP contribution in [-0.4, -0.2) is 19.2 Å². The van der Waals surface area contributed by atoms with Crippen LogP contribution in [0.3, 0.4) is 0 Å². The molecule has 0 atom stereocenters. The van der Waals surface area contributed by atoms with Crippen molar-refractivity contribution < 1.29 is 12.8 Å². The molecule has 1 aromatic rings.